The van der Waals surface area contributed by atoms with Crippen molar-refractivity contribution in [3.8, 4) is 11.5 Å². The molecule has 29 heavy (non-hydrogen) atoms. The standard InChI is InChI=1S/C22H26N2O5/c1-16(29-22(26)19-15-18(27-2)9-10-20(19)28-3)21(25)24-13-11-23(12-14-24)17-7-5-4-6-8-17/h4-10,15-16H,11-14H2,1-3H3. The predicted molar refractivity (Wildman–Crippen MR) is 110 cm³/mol. The van der Waals surface area contributed by atoms with Gasteiger partial charge in [-0.05, 0) is 37.3 Å². The van der Waals surface area contributed by atoms with Crippen molar-refractivity contribution in [3.05, 3.63) is 54.1 Å². The number of ether oxygens (including phenoxy) is 3. The number of rotatable bonds is 6. The van der Waals surface area contributed by atoms with E-state index in [9.17, 15) is 9.59 Å². The maximum atomic E-state index is 12.8. The topological polar surface area (TPSA) is 68.3 Å². The zero-order valence-electron chi connectivity index (χ0n) is 17.0. The number of anilines is 1. The van der Waals surface area contributed by atoms with Crippen molar-refractivity contribution in [3.63, 3.8) is 0 Å². The molecule has 0 spiro atoms. The minimum absolute atomic E-state index is 0.201. The zero-order valence-corrected chi connectivity index (χ0v) is 17.0. The number of para-hydroxylation sites is 1. The Bertz CT molecular complexity index is 848. The molecule has 0 aliphatic carbocycles. The van der Waals surface area contributed by atoms with Gasteiger partial charge in [0.25, 0.3) is 5.91 Å². The van der Waals surface area contributed by atoms with Crippen molar-refractivity contribution in [2.75, 3.05) is 45.3 Å². The van der Waals surface area contributed by atoms with Gasteiger partial charge in [-0.15, -0.1) is 0 Å². The Kier molecular flexibility index (Phi) is 6.59. The van der Waals surface area contributed by atoms with Crippen LogP contribution in [0.3, 0.4) is 0 Å². The molecule has 1 unspecified atom stereocenters. The van der Waals surface area contributed by atoms with Gasteiger partial charge >= 0.3 is 5.97 Å². The molecule has 2 aromatic rings. The van der Waals surface area contributed by atoms with Gasteiger partial charge in [-0.3, -0.25) is 4.79 Å². The predicted octanol–water partition coefficient (Wildman–Crippen LogP) is 2.60. The molecule has 0 aromatic heterocycles. The summed E-state index contributed by atoms with van der Waals surface area (Å²) in [6, 6.07) is 15.0. The number of hydrogen-bond acceptors (Lipinski definition) is 6. The highest BCUT2D eigenvalue weighted by molar-refractivity contribution is 5.95. The van der Waals surface area contributed by atoms with Crippen LogP contribution < -0.4 is 14.4 Å². The first kappa shape index (κ1) is 20.5. The summed E-state index contributed by atoms with van der Waals surface area (Å²) in [5.74, 6) is 0.0538. The third-order valence-corrected chi connectivity index (χ3v) is 4.97. The second kappa shape index (κ2) is 9.32. The Hall–Kier alpha value is -3.22. The normalized spacial score (nSPS) is 14.9. The molecular weight excluding hydrogens is 372 g/mol. The zero-order chi connectivity index (χ0) is 20.8. The molecule has 0 bridgehead atoms. The lowest BCUT2D eigenvalue weighted by molar-refractivity contribution is -0.140. The molecule has 1 aliphatic rings. The first-order valence-electron chi connectivity index (χ1n) is 9.55. The molecule has 3 rings (SSSR count). The molecule has 1 amide bonds. The fourth-order valence-electron chi connectivity index (χ4n) is 3.33. The quantitative estimate of drug-likeness (QED) is 0.697. The molecule has 1 aliphatic heterocycles. The summed E-state index contributed by atoms with van der Waals surface area (Å²) < 4.78 is 15.8. The van der Waals surface area contributed by atoms with E-state index in [2.05, 4.69) is 17.0 Å². The Morgan fingerprint density at radius 1 is 0.931 bits per heavy atom. The molecule has 0 saturated carbocycles. The van der Waals surface area contributed by atoms with E-state index < -0.39 is 12.1 Å². The van der Waals surface area contributed by atoms with Gasteiger partial charge in [0, 0.05) is 31.9 Å². The van der Waals surface area contributed by atoms with Crippen molar-refractivity contribution in [2.45, 2.75) is 13.0 Å². The van der Waals surface area contributed by atoms with Crippen molar-refractivity contribution >= 4 is 17.6 Å². The van der Waals surface area contributed by atoms with E-state index in [1.807, 2.05) is 18.2 Å². The molecule has 7 heteroatoms. The third kappa shape index (κ3) is 4.80. The lowest BCUT2D eigenvalue weighted by Crippen LogP contribution is -2.51. The van der Waals surface area contributed by atoms with Gasteiger partial charge in [-0.25, -0.2) is 4.79 Å². The molecular formula is C22H26N2O5. The van der Waals surface area contributed by atoms with Crippen LogP contribution in [0.25, 0.3) is 0 Å². The van der Waals surface area contributed by atoms with Gasteiger partial charge in [0.2, 0.25) is 0 Å². The van der Waals surface area contributed by atoms with E-state index in [0.29, 0.717) is 24.6 Å². The largest absolute Gasteiger partial charge is 0.497 e. The maximum absolute atomic E-state index is 12.8. The maximum Gasteiger partial charge on any atom is 0.342 e. The average Bonchev–Trinajstić information content (AvgIpc) is 2.78. The number of methoxy groups -OCH3 is 2. The summed E-state index contributed by atoms with van der Waals surface area (Å²) in [4.78, 5) is 29.3. The highest BCUT2D eigenvalue weighted by atomic mass is 16.5. The van der Waals surface area contributed by atoms with Gasteiger partial charge < -0.3 is 24.0 Å². The van der Waals surface area contributed by atoms with Gasteiger partial charge in [-0.2, -0.15) is 0 Å². The highest BCUT2D eigenvalue weighted by Gasteiger charge is 2.28. The summed E-state index contributed by atoms with van der Waals surface area (Å²) in [6.07, 6.45) is -0.887. The van der Waals surface area contributed by atoms with Gasteiger partial charge in [0.1, 0.15) is 17.1 Å². The smallest absolute Gasteiger partial charge is 0.342 e. The van der Waals surface area contributed by atoms with E-state index in [1.165, 1.54) is 20.3 Å². The van der Waals surface area contributed by atoms with E-state index >= 15 is 0 Å². The van der Waals surface area contributed by atoms with Crippen LogP contribution in [0.1, 0.15) is 17.3 Å². The molecule has 0 radical (unpaired) electrons. The van der Waals surface area contributed by atoms with E-state index in [4.69, 9.17) is 14.2 Å². The molecule has 7 nitrogen and oxygen atoms in total. The van der Waals surface area contributed by atoms with Gasteiger partial charge in [-0.1, -0.05) is 18.2 Å². The van der Waals surface area contributed by atoms with Crippen LogP contribution in [0.5, 0.6) is 11.5 Å². The molecule has 1 heterocycles. The summed E-state index contributed by atoms with van der Waals surface area (Å²) in [5.41, 5.74) is 1.37. The molecule has 154 valence electrons. The molecule has 1 saturated heterocycles. The fourth-order valence-corrected chi connectivity index (χ4v) is 3.33. The van der Waals surface area contributed by atoms with Crippen LogP contribution in [0, 0.1) is 0 Å². The summed E-state index contributed by atoms with van der Waals surface area (Å²) in [6.45, 7) is 4.23. The van der Waals surface area contributed by atoms with Crippen molar-refractivity contribution in [1.82, 2.24) is 4.90 Å². The van der Waals surface area contributed by atoms with Crippen molar-refractivity contribution in [2.24, 2.45) is 0 Å². The minimum atomic E-state index is -0.887. The molecule has 0 N–H and O–H groups in total. The highest BCUT2D eigenvalue weighted by Crippen LogP contribution is 2.25. The minimum Gasteiger partial charge on any atom is -0.497 e. The molecule has 1 fully saturated rings. The van der Waals surface area contributed by atoms with Crippen LogP contribution in [-0.2, 0) is 9.53 Å². The Morgan fingerprint density at radius 2 is 1.62 bits per heavy atom. The average molecular weight is 398 g/mol. The van der Waals surface area contributed by atoms with Crippen LogP contribution in [-0.4, -0.2) is 63.3 Å². The van der Waals surface area contributed by atoms with Crippen molar-refractivity contribution in [1.29, 1.82) is 0 Å². The Labute approximate surface area is 170 Å². The van der Waals surface area contributed by atoms with Crippen molar-refractivity contribution < 1.29 is 23.8 Å². The SMILES string of the molecule is COc1ccc(OC)c(C(=O)OC(C)C(=O)N2CCN(c3ccccc3)CC2)c1. The van der Waals surface area contributed by atoms with Gasteiger partial charge in [0.15, 0.2) is 6.10 Å². The number of carbonyl (C=O) groups is 2. The second-order valence-corrected chi connectivity index (χ2v) is 6.76. The third-order valence-electron chi connectivity index (χ3n) is 4.97. The number of hydrogen-bond donors (Lipinski definition) is 0. The summed E-state index contributed by atoms with van der Waals surface area (Å²) >= 11 is 0. The van der Waals surface area contributed by atoms with Crippen LogP contribution in [0.4, 0.5) is 5.69 Å². The molecule has 1 atom stereocenters. The summed E-state index contributed by atoms with van der Waals surface area (Å²) in [5, 5.41) is 0. The van der Waals surface area contributed by atoms with Gasteiger partial charge in [0.05, 0.1) is 14.2 Å². The number of piperazine rings is 1. The number of esters is 1. The van der Waals surface area contributed by atoms with E-state index in [1.54, 1.807) is 24.0 Å². The molecule has 2 aromatic carbocycles. The monoisotopic (exact) mass is 398 g/mol. The first-order chi connectivity index (χ1) is 14.0. The van der Waals surface area contributed by atoms with Crippen LogP contribution in [0.15, 0.2) is 48.5 Å². The second-order valence-electron chi connectivity index (χ2n) is 6.76. The number of carbonyl (C=O) groups excluding carboxylic acids is 2. The number of nitrogens with zero attached hydrogens (tertiary/aromatic N) is 2. The Morgan fingerprint density at radius 3 is 2.24 bits per heavy atom. The van der Waals surface area contributed by atoms with E-state index in [0.717, 1.165) is 18.8 Å². The Balaban J connectivity index is 1.59. The van der Waals surface area contributed by atoms with Crippen LogP contribution >= 0.6 is 0 Å². The van der Waals surface area contributed by atoms with Crippen LogP contribution in [0.2, 0.25) is 0 Å². The number of amides is 1. The van der Waals surface area contributed by atoms with E-state index in [-0.39, 0.29) is 11.5 Å². The number of benzene rings is 2. The fraction of sp³-hybridized carbons (Fsp3) is 0.364. The lowest BCUT2D eigenvalue weighted by Gasteiger charge is -2.37. The lowest BCUT2D eigenvalue weighted by atomic mass is 10.2. The first-order valence-corrected chi connectivity index (χ1v) is 9.55. The summed E-state index contributed by atoms with van der Waals surface area (Å²) in [7, 11) is 2.98.